The van der Waals surface area contributed by atoms with Gasteiger partial charge < -0.3 is 15.0 Å². The van der Waals surface area contributed by atoms with Gasteiger partial charge >= 0.3 is 0 Å². The van der Waals surface area contributed by atoms with E-state index >= 15 is 0 Å². The number of likely N-dealkylation sites (tertiary alicyclic amines) is 1. The number of carbonyl (C=O) groups excluding carboxylic acids is 2. The third kappa shape index (κ3) is 4.36. The summed E-state index contributed by atoms with van der Waals surface area (Å²) in [6.45, 7) is 5.49. The molecule has 0 aliphatic carbocycles. The largest absolute Gasteiger partial charge is 0.383 e. The molecule has 0 spiro atoms. The first-order valence-corrected chi connectivity index (χ1v) is 9.16. The molecule has 1 aliphatic heterocycles. The van der Waals surface area contributed by atoms with E-state index in [-0.39, 0.29) is 24.3 Å². The number of ether oxygens (including phenoxy) is 1. The van der Waals surface area contributed by atoms with Crippen LogP contribution in [0.15, 0.2) is 30.3 Å². The van der Waals surface area contributed by atoms with Gasteiger partial charge in [0, 0.05) is 37.9 Å². The Balaban J connectivity index is 1.64. The molecular weight excluding hydrogens is 344 g/mol. The van der Waals surface area contributed by atoms with Crippen molar-refractivity contribution in [2.24, 2.45) is 0 Å². The SMILES string of the molecule is COCCN1C[C@@H](NC(=O)Cc2c(C)nn(-c3ccccc3)c2C)CC1=O. The van der Waals surface area contributed by atoms with Gasteiger partial charge in [-0.25, -0.2) is 4.68 Å². The molecule has 0 saturated carbocycles. The monoisotopic (exact) mass is 370 g/mol. The fourth-order valence-electron chi connectivity index (χ4n) is 3.48. The number of benzene rings is 1. The minimum Gasteiger partial charge on any atom is -0.383 e. The van der Waals surface area contributed by atoms with Crippen molar-refractivity contribution in [1.29, 1.82) is 0 Å². The molecule has 0 radical (unpaired) electrons. The van der Waals surface area contributed by atoms with E-state index in [0.717, 1.165) is 22.6 Å². The van der Waals surface area contributed by atoms with Crippen molar-refractivity contribution in [2.45, 2.75) is 32.7 Å². The molecule has 0 bridgehead atoms. The normalized spacial score (nSPS) is 16.8. The van der Waals surface area contributed by atoms with Crippen LogP contribution in [0.25, 0.3) is 5.69 Å². The maximum atomic E-state index is 12.5. The van der Waals surface area contributed by atoms with Crippen molar-refractivity contribution in [3.8, 4) is 5.69 Å². The lowest BCUT2D eigenvalue weighted by molar-refractivity contribution is -0.128. The van der Waals surface area contributed by atoms with Crippen LogP contribution in [0.3, 0.4) is 0 Å². The Hall–Kier alpha value is -2.67. The molecule has 144 valence electrons. The first-order valence-electron chi connectivity index (χ1n) is 9.16. The van der Waals surface area contributed by atoms with Crippen molar-refractivity contribution >= 4 is 11.8 Å². The Morgan fingerprint density at radius 1 is 1.30 bits per heavy atom. The summed E-state index contributed by atoms with van der Waals surface area (Å²) in [5.41, 5.74) is 3.70. The second-order valence-corrected chi connectivity index (χ2v) is 6.87. The number of rotatable bonds is 7. The predicted octanol–water partition coefficient (Wildman–Crippen LogP) is 1.40. The van der Waals surface area contributed by atoms with E-state index in [0.29, 0.717) is 26.1 Å². The van der Waals surface area contributed by atoms with E-state index in [1.54, 1.807) is 12.0 Å². The zero-order valence-corrected chi connectivity index (χ0v) is 16.1. The van der Waals surface area contributed by atoms with Gasteiger partial charge in [0.15, 0.2) is 0 Å². The van der Waals surface area contributed by atoms with Gasteiger partial charge in [-0.15, -0.1) is 0 Å². The Kier molecular flexibility index (Phi) is 5.91. The first-order chi connectivity index (χ1) is 13.0. The molecule has 1 fully saturated rings. The number of methoxy groups -OCH3 is 1. The third-order valence-electron chi connectivity index (χ3n) is 4.92. The van der Waals surface area contributed by atoms with Gasteiger partial charge in [0.1, 0.15) is 0 Å². The minimum atomic E-state index is -0.147. The van der Waals surface area contributed by atoms with E-state index in [4.69, 9.17) is 4.74 Å². The standard InChI is InChI=1S/C20H26N4O3/c1-14-18(15(2)24(22-14)17-7-5-4-6-8-17)12-19(25)21-16-11-20(26)23(13-16)9-10-27-3/h4-8,16H,9-13H2,1-3H3,(H,21,25)/t16-/m0/s1. The lowest BCUT2D eigenvalue weighted by atomic mass is 10.1. The summed E-state index contributed by atoms with van der Waals surface area (Å²) in [4.78, 5) is 26.3. The van der Waals surface area contributed by atoms with Crippen LogP contribution in [-0.2, 0) is 20.7 Å². The molecule has 3 rings (SSSR count). The van der Waals surface area contributed by atoms with Gasteiger partial charge in [-0.2, -0.15) is 5.10 Å². The van der Waals surface area contributed by atoms with E-state index < -0.39 is 0 Å². The van der Waals surface area contributed by atoms with Crippen LogP contribution in [0, 0.1) is 13.8 Å². The van der Waals surface area contributed by atoms with Crippen LogP contribution in [0.5, 0.6) is 0 Å². The Morgan fingerprint density at radius 3 is 2.74 bits per heavy atom. The second kappa shape index (κ2) is 8.35. The predicted molar refractivity (Wildman–Crippen MR) is 102 cm³/mol. The number of hydrogen-bond acceptors (Lipinski definition) is 4. The van der Waals surface area contributed by atoms with Crippen LogP contribution >= 0.6 is 0 Å². The number of para-hydroxylation sites is 1. The molecule has 0 unspecified atom stereocenters. The molecule has 1 aromatic heterocycles. The van der Waals surface area contributed by atoms with Crippen molar-refractivity contribution < 1.29 is 14.3 Å². The molecule has 1 atom stereocenters. The number of nitrogens with zero attached hydrogens (tertiary/aromatic N) is 3. The summed E-state index contributed by atoms with van der Waals surface area (Å²) < 4.78 is 6.89. The van der Waals surface area contributed by atoms with E-state index in [1.165, 1.54) is 0 Å². The van der Waals surface area contributed by atoms with Crippen LogP contribution < -0.4 is 5.32 Å². The Bertz CT molecular complexity index is 816. The second-order valence-electron chi connectivity index (χ2n) is 6.87. The van der Waals surface area contributed by atoms with Gasteiger partial charge in [-0.05, 0) is 26.0 Å². The summed E-state index contributed by atoms with van der Waals surface area (Å²) in [5, 5.41) is 7.57. The molecule has 2 aromatic rings. The average Bonchev–Trinajstić information content (AvgIpc) is 3.14. The van der Waals surface area contributed by atoms with Gasteiger partial charge in [0.25, 0.3) is 0 Å². The van der Waals surface area contributed by atoms with Gasteiger partial charge in [0.05, 0.1) is 30.5 Å². The number of hydrogen-bond donors (Lipinski definition) is 1. The molecule has 7 nitrogen and oxygen atoms in total. The summed E-state index contributed by atoms with van der Waals surface area (Å²) in [6.07, 6.45) is 0.601. The highest BCUT2D eigenvalue weighted by molar-refractivity contribution is 5.83. The van der Waals surface area contributed by atoms with E-state index in [2.05, 4.69) is 10.4 Å². The molecule has 27 heavy (non-hydrogen) atoms. The first kappa shape index (κ1) is 19.1. The number of amides is 2. The highest BCUT2D eigenvalue weighted by Gasteiger charge is 2.30. The van der Waals surface area contributed by atoms with Crippen LogP contribution in [0.4, 0.5) is 0 Å². The average molecular weight is 370 g/mol. The molecule has 2 heterocycles. The zero-order valence-electron chi connectivity index (χ0n) is 16.1. The topological polar surface area (TPSA) is 76.5 Å². The molecule has 1 aliphatic rings. The lowest BCUT2D eigenvalue weighted by Gasteiger charge is -2.16. The van der Waals surface area contributed by atoms with Crippen molar-refractivity contribution in [3.05, 3.63) is 47.3 Å². The highest BCUT2D eigenvalue weighted by atomic mass is 16.5. The minimum absolute atomic E-state index is 0.0570. The number of aromatic nitrogens is 2. The quantitative estimate of drug-likeness (QED) is 0.799. The fraction of sp³-hybridized carbons (Fsp3) is 0.450. The summed E-state index contributed by atoms with van der Waals surface area (Å²) in [6, 6.07) is 9.72. The van der Waals surface area contributed by atoms with Crippen molar-refractivity contribution in [3.63, 3.8) is 0 Å². The van der Waals surface area contributed by atoms with Crippen LogP contribution in [0.1, 0.15) is 23.4 Å². The van der Waals surface area contributed by atoms with Crippen molar-refractivity contribution in [2.75, 3.05) is 26.8 Å². The summed E-state index contributed by atoms with van der Waals surface area (Å²) in [5.74, 6) is -0.0261. The Morgan fingerprint density at radius 2 is 2.04 bits per heavy atom. The van der Waals surface area contributed by atoms with Crippen LogP contribution in [-0.4, -0.2) is 59.3 Å². The van der Waals surface area contributed by atoms with Crippen molar-refractivity contribution in [1.82, 2.24) is 20.0 Å². The lowest BCUT2D eigenvalue weighted by Crippen LogP contribution is -2.38. The maximum absolute atomic E-state index is 12.5. The highest BCUT2D eigenvalue weighted by Crippen LogP contribution is 2.19. The molecule has 7 heteroatoms. The molecular formula is C20H26N4O3. The van der Waals surface area contributed by atoms with Crippen LogP contribution in [0.2, 0.25) is 0 Å². The van der Waals surface area contributed by atoms with Gasteiger partial charge in [0.2, 0.25) is 11.8 Å². The summed E-state index contributed by atoms with van der Waals surface area (Å²) in [7, 11) is 1.61. The smallest absolute Gasteiger partial charge is 0.224 e. The number of aryl methyl sites for hydroxylation is 1. The van der Waals surface area contributed by atoms with E-state index in [9.17, 15) is 9.59 Å². The number of nitrogens with one attached hydrogen (secondary N) is 1. The maximum Gasteiger partial charge on any atom is 0.224 e. The molecule has 1 saturated heterocycles. The van der Waals surface area contributed by atoms with E-state index in [1.807, 2.05) is 48.9 Å². The molecule has 2 amide bonds. The molecule has 1 N–H and O–H groups in total. The fourth-order valence-corrected chi connectivity index (χ4v) is 3.48. The molecule has 1 aromatic carbocycles. The number of carbonyl (C=O) groups is 2. The zero-order chi connectivity index (χ0) is 19.4. The van der Waals surface area contributed by atoms with Gasteiger partial charge in [-0.1, -0.05) is 18.2 Å². The van der Waals surface area contributed by atoms with Gasteiger partial charge in [-0.3, -0.25) is 9.59 Å². The summed E-state index contributed by atoms with van der Waals surface area (Å²) >= 11 is 0. The Labute approximate surface area is 159 Å². The third-order valence-corrected chi connectivity index (χ3v) is 4.92.